The number of rotatable bonds is 4. The normalized spacial score (nSPS) is 22.3. The molecule has 122 valence electrons. The van der Waals surface area contributed by atoms with Crippen LogP contribution in [0.4, 0.5) is 0 Å². The van der Waals surface area contributed by atoms with Crippen molar-refractivity contribution in [3.8, 4) is 5.75 Å². The molecule has 0 radical (unpaired) electrons. The summed E-state index contributed by atoms with van der Waals surface area (Å²) in [6, 6.07) is 9.90. The Morgan fingerprint density at radius 3 is 2.61 bits per heavy atom. The van der Waals surface area contributed by atoms with E-state index in [0.717, 1.165) is 12.2 Å². The number of aryl methyl sites for hydroxylation is 1. The quantitative estimate of drug-likeness (QED) is 0.867. The molecular formula is C17H22N4O2. The second kappa shape index (κ2) is 5.68. The molecule has 0 aliphatic heterocycles. The Balaban J connectivity index is 1.67. The van der Waals surface area contributed by atoms with Crippen LogP contribution in [0.5, 0.6) is 5.75 Å². The van der Waals surface area contributed by atoms with Gasteiger partial charge >= 0.3 is 0 Å². The molecule has 0 unspecified atom stereocenters. The van der Waals surface area contributed by atoms with Crippen molar-refractivity contribution >= 4 is 5.91 Å². The molecule has 2 aromatic rings. The van der Waals surface area contributed by atoms with Gasteiger partial charge < -0.3 is 9.64 Å². The number of benzene rings is 1. The summed E-state index contributed by atoms with van der Waals surface area (Å²) in [6.45, 7) is 4.26. The number of hydrogen-bond donors (Lipinski definition) is 0. The fraction of sp³-hybridized carbons (Fsp3) is 0.471. The van der Waals surface area contributed by atoms with Crippen LogP contribution in [0.1, 0.15) is 30.9 Å². The zero-order valence-corrected chi connectivity index (χ0v) is 13.9. The molecule has 3 rings (SSSR count). The molecule has 1 aromatic heterocycles. The third-order valence-corrected chi connectivity index (χ3v) is 4.73. The molecule has 2 atom stereocenters. The van der Waals surface area contributed by atoms with Gasteiger partial charge in [0.05, 0.1) is 0 Å². The summed E-state index contributed by atoms with van der Waals surface area (Å²) in [5.41, 5.74) is -0.130. The van der Waals surface area contributed by atoms with E-state index in [0.29, 0.717) is 0 Å². The summed E-state index contributed by atoms with van der Waals surface area (Å²) >= 11 is 0. The van der Waals surface area contributed by atoms with E-state index in [1.54, 1.807) is 11.9 Å². The molecule has 1 saturated carbocycles. The highest BCUT2D eigenvalue weighted by Gasteiger charge is 2.53. The van der Waals surface area contributed by atoms with Crippen LogP contribution >= 0.6 is 0 Å². The number of nitrogens with zero attached hydrogens (tertiary/aromatic N) is 4. The average Bonchev–Trinajstić information content (AvgIpc) is 2.97. The molecule has 0 N–H and O–H groups in total. The highest BCUT2D eigenvalue weighted by atomic mass is 16.5. The van der Waals surface area contributed by atoms with Gasteiger partial charge in [0.1, 0.15) is 18.2 Å². The first-order valence-electron chi connectivity index (χ1n) is 7.74. The van der Waals surface area contributed by atoms with Crippen molar-refractivity contribution in [2.45, 2.75) is 32.4 Å². The molecule has 6 nitrogen and oxygen atoms in total. The average molecular weight is 314 g/mol. The van der Waals surface area contributed by atoms with Gasteiger partial charge in [0.2, 0.25) is 5.82 Å². The van der Waals surface area contributed by atoms with Gasteiger partial charge in [-0.05, 0) is 12.1 Å². The smallest absolute Gasteiger partial charge is 0.293 e. The molecule has 23 heavy (non-hydrogen) atoms. The molecule has 1 heterocycles. The lowest BCUT2D eigenvalue weighted by molar-refractivity contribution is -0.0888. The Labute approximate surface area is 136 Å². The molecule has 6 heteroatoms. The van der Waals surface area contributed by atoms with Gasteiger partial charge in [0.15, 0.2) is 0 Å². The molecule has 0 spiro atoms. The minimum atomic E-state index is -0.151. The second-order valence-corrected chi connectivity index (χ2v) is 6.65. The molecule has 1 aliphatic rings. The molecular weight excluding hydrogens is 292 g/mol. The fourth-order valence-electron chi connectivity index (χ4n) is 3.12. The SMILES string of the molecule is CN(C(=O)c1ncn(C)n1)[C@H]1C[C@@H](Oc2ccccc2)C1(C)C. The van der Waals surface area contributed by atoms with Gasteiger partial charge in [-0.25, -0.2) is 4.98 Å². The molecule has 1 aromatic carbocycles. The van der Waals surface area contributed by atoms with E-state index in [2.05, 4.69) is 23.9 Å². The van der Waals surface area contributed by atoms with Gasteiger partial charge in [-0.3, -0.25) is 9.48 Å². The topological polar surface area (TPSA) is 60.2 Å². The predicted molar refractivity (Wildman–Crippen MR) is 86.1 cm³/mol. The van der Waals surface area contributed by atoms with Crippen LogP contribution in [0.15, 0.2) is 36.7 Å². The van der Waals surface area contributed by atoms with Gasteiger partial charge in [0.25, 0.3) is 5.91 Å². The molecule has 1 aliphatic carbocycles. The van der Waals surface area contributed by atoms with Crippen molar-refractivity contribution in [1.29, 1.82) is 0 Å². The van der Waals surface area contributed by atoms with Gasteiger partial charge in [-0.2, -0.15) is 0 Å². The standard InChI is InChI=1S/C17H22N4O2/c1-17(2)13(10-14(17)23-12-8-6-5-7-9-12)21(4)16(22)15-18-11-20(3)19-15/h5-9,11,13-14H,10H2,1-4H3/t13-,14+/m0/s1. The van der Waals surface area contributed by atoms with Crippen molar-refractivity contribution < 1.29 is 9.53 Å². The largest absolute Gasteiger partial charge is 0.490 e. The minimum absolute atomic E-state index is 0.0850. The number of carbonyl (C=O) groups is 1. The third kappa shape index (κ3) is 2.81. The third-order valence-electron chi connectivity index (χ3n) is 4.73. The van der Waals surface area contributed by atoms with Crippen molar-refractivity contribution in [3.05, 3.63) is 42.5 Å². The van der Waals surface area contributed by atoms with Crippen LogP contribution in [-0.2, 0) is 7.05 Å². The maximum absolute atomic E-state index is 12.5. The van der Waals surface area contributed by atoms with E-state index < -0.39 is 0 Å². The Morgan fingerprint density at radius 1 is 1.35 bits per heavy atom. The lowest BCUT2D eigenvalue weighted by Crippen LogP contribution is -2.63. The fourth-order valence-corrected chi connectivity index (χ4v) is 3.12. The summed E-state index contributed by atoms with van der Waals surface area (Å²) in [6.07, 6.45) is 2.42. The van der Waals surface area contributed by atoms with E-state index in [1.807, 2.05) is 37.4 Å². The van der Waals surface area contributed by atoms with Crippen LogP contribution < -0.4 is 4.74 Å². The Morgan fingerprint density at radius 2 is 2.04 bits per heavy atom. The first-order valence-corrected chi connectivity index (χ1v) is 7.74. The number of amides is 1. The van der Waals surface area contributed by atoms with Crippen molar-refractivity contribution in [1.82, 2.24) is 19.7 Å². The van der Waals surface area contributed by atoms with Crippen LogP contribution in [0.2, 0.25) is 0 Å². The number of aromatic nitrogens is 3. The van der Waals surface area contributed by atoms with Crippen molar-refractivity contribution in [2.24, 2.45) is 12.5 Å². The van der Waals surface area contributed by atoms with Crippen molar-refractivity contribution in [3.63, 3.8) is 0 Å². The lowest BCUT2D eigenvalue weighted by atomic mass is 9.63. The highest BCUT2D eigenvalue weighted by molar-refractivity contribution is 5.90. The number of para-hydroxylation sites is 1. The van der Waals surface area contributed by atoms with E-state index >= 15 is 0 Å². The van der Waals surface area contributed by atoms with E-state index in [1.165, 1.54) is 11.0 Å². The summed E-state index contributed by atoms with van der Waals surface area (Å²) in [7, 11) is 3.56. The maximum atomic E-state index is 12.5. The number of hydrogen-bond acceptors (Lipinski definition) is 4. The van der Waals surface area contributed by atoms with E-state index in [-0.39, 0.29) is 29.3 Å². The van der Waals surface area contributed by atoms with Gasteiger partial charge in [-0.1, -0.05) is 32.0 Å². The number of carbonyl (C=O) groups excluding carboxylic acids is 1. The summed E-state index contributed by atoms with van der Waals surface area (Å²) < 4.78 is 7.60. The maximum Gasteiger partial charge on any atom is 0.293 e. The first-order chi connectivity index (χ1) is 10.9. The Bertz CT molecular complexity index is 696. The van der Waals surface area contributed by atoms with Gasteiger partial charge in [-0.15, -0.1) is 5.10 Å². The summed E-state index contributed by atoms with van der Waals surface area (Å²) in [5, 5.41) is 4.09. The molecule has 0 bridgehead atoms. The highest BCUT2D eigenvalue weighted by Crippen LogP contribution is 2.45. The van der Waals surface area contributed by atoms with E-state index in [9.17, 15) is 4.79 Å². The number of ether oxygens (including phenoxy) is 1. The minimum Gasteiger partial charge on any atom is -0.490 e. The zero-order chi connectivity index (χ0) is 16.6. The molecule has 1 fully saturated rings. The monoisotopic (exact) mass is 314 g/mol. The lowest BCUT2D eigenvalue weighted by Gasteiger charge is -2.54. The Kier molecular flexibility index (Phi) is 3.83. The van der Waals surface area contributed by atoms with Crippen molar-refractivity contribution in [2.75, 3.05) is 7.05 Å². The van der Waals surface area contributed by atoms with Crippen LogP contribution in [0, 0.1) is 5.41 Å². The molecule has 0 saturated heterocycles. The summed E-state index contributed by atoms with van der Waals surface area (Å²) in [5.74, 6) is 0.949. The van der Waals surface area contributed by atoms with E-state index in [4.69, 9.17) is 4.74 Å². The second-order valence-electron chi connectivity index (χ2n) is 6.65. The first kappa shape index (κ1) is 15.5. The Hall–Kier alpha value is -2.37. The molecule has 1 amide bonds. The van der Waals surface area contributed by atoms with Crippen LogP contribution in [-0.4, -0.2) is 44.8 Å². The van der Waals surface area contributed by atoms with Crippen LogP contribution in [0.3, 0.4) is 0 Å². The summed E-state index contributed by atoms with van der Waals surface area (Å²) in [4.78, 5) is 18.3. The zero-order valence-electron chi connectivity index (χ0n) is 13.9. The van der Waals surface area contributed by atoms with Gasteiger partial charge in [0, 0.05) is 32.0 Å². The predicted octanol–water partition coefficient (Wildman–Crippen LogP) is 2.13. The van der Waals surface area contributed by atoms with Crippen LogP contribution in [0.25, 0.3) is 0 Å².